The van der Waals surface area contributed by atoms with Crippen molar-refractivity contribution in [2.24, 2.45) is 5.41 Å². The van der Waals surface area contributed by atoms with E-state index in [2.05, 4.69) is 35.0 Å². The Morgan fingerprint density at radius 2 is 1.64 bits per heavy atom. The van der Waals surface area contributed by atoms with Crippen molar-refractivity contribution in [1.29, 1.82) is 0 Å². The van der Waals surface area contributed by atoms with E-state index in [-0.39, 0.29) is 11.5 Å². The van der Waals surface area contributed by atoms with Crippen LogP contribution in [0, 0.1) is 5.41 Å². The van der Waals surface area contributed by atoms with Crippen LogP contribution in [0.25, 0.3) is 0 Å². The molecule has 0 spiro atoms. The van der Waals surface area contributed by atoms with Crippen LogP contribution in [0.5, 0.6) is 0 Å². The molecule has 11 heavy (non-hydrogen) atoms. The maximum absolute atomic E-state index is 9.43. The van der Waals surface area contributed by atoms with Crippen molar-refractivity contribution in [3.8, 4) is 0 Å². The zero-order valence-electron chi connectivity index (χ0n) is 8.68. The molecule has 2 nitrogen and oxygen atoms in total. The minimum Gasteiger partial charge on any atom is -0.393 e. The first-order chi connectivity index (χ1) is 4.65. The SMILES string of the molecule is CC(O)C(C)(C)C[N+](C)(C)C. The monoisotopic (exact) mass is 160 g/mol. The third-order valence-electron chi connectivity index (χ3n) is 2.01. The summed E-state index contributed by atoms with van der Waals surface area (Å²) < 4.78 is 0.901. The van der Waals surface area contributed by atoms with Gasteiger partial charge in [0.15, 0.2) is 0 Å². The molecule has 1 atom stereocenters. The van der Waals surface area contributed by atoms with E-state index in [9.17, 15) is 5.11 Å². The van der Waals surface area contributed by atoms with Crippen molar-refractivity contribution < 1.29 is 9.59 Å². The maximum Gasteiger partial charge on any atom is 0.0857 e. The lowest BCUT2D eigenvalue weighted by Gasteiger charge is -2.36. The Balaban J connectivity index is 4.13. The van der Waals surface area contributed by atoms with E-state index in [0.717, 1.165) is 11.0 Å². The van der Waals surface area contributed by atoms with Crippen LogP contribution in [0.1, 0.15) is 20.8 Å². The topological polar surface area (TPSA) is 20.2 Å². The summed E-state index contributed by atoms with van der Waals surface area (Å²) in [6.45, 7) is 7.04. The molecule has 0 saturated heterocycles. The smallest absolute Gasteiger partial charge is 0.0857 e. The Kier molecular flexibility index (Phi) is 3.09. The summed E-state index contributed by atoms with van der Waals surface area (Å²) in [6, 6.07) is 0. The highest BCUT2D eigenvalue weighted by Gasteiger charge is 2.30. The first kappa shape index (κ1) is 10.9. The summed E-state index contributed by atoms with van der Waals surface area (Å²) in [6.07, 6.45) is -0.236. The number of quaternary nitrogens is 1. The van der Waals surface area contributed by atoms with E-state index in [0.29, 0.717) is 0 Å². The first-order valence-corrected chi connectivity index (χ1v) is 4.14. The third kappa shape index (κ3) is 4.38. The van der Waals surface area contributed by atoms with Gasteiger partial charge >= 0.3 is 0 Å². The molecule has 0 aromatic carbocycles. The van der Waals surface area contributed by atoms with E-state index in [1.165, 1.54) is 0 Å². The zero-order valence-corrected chi connectivity index (χ0v) is 8.68. The molecule has 0 saturated carbocycles. The Morgan fingerprint density at radius 3 is 1.73 bits per heavy atom. The predicted octanol–water partition coefficient (Wildman–Crippen LogP) is 1.10. The van der Waals surface area contributed by atoms with Gasteiger partial charge in [-0.15, -0.1) is 0 Å². The summed E-state index contributed by atoms with van der Waals surface area (Å²) in [5.74, 6) is 0. The molecule has 0 aromatic rings. The zero-order chi connectivity index (χ0) is 9.28. The van der Waals surface area contributed by atoms with Gasteiger partial charge in [-0.25, -0.2) is 0 Å². The first-order valence-electron chi connectivity index (χ1n) is 4.14. The Hall–Kier alpha value is -0.0800. The molecular weight excluding hydrogens is 138 g/mol. The number of rotatable bonds is 3. The molecule has 0 heterocycles. The minimum absolute atomic E-state index is 0.0122. The Bertz CT molecular complexity index is 122. The highest BCUT2D eigenvalue weighted by molar-refractivity contribution is 4.73. The fourth-order valence-electron chi connectivity index (χ4n) is 1.35. The molecular formula is C9H22NO+. The average molecular weight is 160 g/mol. The molecule has 0 fully saturated rings. The van der Waals surface area contributed by atoms with E-state index in [1.54, 1.807) is 0 Å². The maximum atomic E-state index is 9.43. The number of hydrogen-bond donors (Lipinski definition) is 1. The number of hydrogen-bond acceptors (Lipinski definition) is 1. The number of nitrogens with zero attached hydrogens (tertiary/aromatic N) is 1. The highest BCUT2D eigenvalue weighted by Crippen LogP contribution is 2.22. The van der Waals surface area contributed by atoms with Gasteiger partial charge in [0.2, 0.25) is 0 Å². The second-order valence-corrected chi connectivity index (χ2v) is 5.11. The minimum atomic E-state index is -0.236. The van der Waals surface area contributed by atoms with E-state index in [4.69, 9.17) is 0 Å². The van der Waals surface area contributed by atoms with Crippen molar-refractivity contribution in [2.45, 2.75) is 26.9 Å². The van der Waals surface area contributed by atoms with Crippen LogP contribution in [0.2, 0.25) is 0 Å². The van der Waals surface area contributed by atoms with Crippen molar-refractivity contribution in [3.63, 3.8) is 0 Å². The standard InChI is InChI=1S/C9H22NO/c1-8(11)9(2,3)7-10(4,5)6/h8,11H,7H2,1-6H3/q+1. The van der Waals surface area contributed by atoms with Crippen LogP contribution in [0.15, 0.2) is 0 Å². The predicted molar refractivity (Wildman–Crippen MR) is 48.4 cm³/mol. The molecule has 1 unspecified atom stereocenters. The quantitative estimate of drug-likeness (QED) is 0.613. The summed E-state index contributed by atoms with van der Waals surface area (Å²) in [5.41, 5.74) is 0.0122. The fraction of sp³-hybridized carbons (Fsp3) is 1.00. The second-order valence-electron chi connectivity index (χ2n) is 5.11. The largest absolute Gasteiger partial charge is 0.393 e. The summed E-state index contributed by atoms with van der Waals surface area (Å²) in [7, 11) is 6.43. The molecule has 68 valence electrons. The molecule has 0 aliphatic carbocycles. The third-order valence-corrected chi connectivity index (χ3v) is 2.01. The molecule has 0 aromatic heterocycles. The lowest BCUT2D eigenvalue weighted by Crippen LogP contribution is -2.46. The lowest BCUT2D eigenvalue weighted by atomic mass is 9.86. The normalized spacial score (nSPS) is 16.6. The van der Waals surface area contributed by atoms with Gasteiger partial charge in [-0.2, -0.15) is 0 Å². The summed E-state index contributed by atoms with van der Waals surface area (Å²) in [5, 5.41) is 9.43. The molecule has 0 radical (unpaired) electrons. The molecule has 2 heteroatoms. The number of aliphatic hydroxyl groups is 1. The molecule has 0 amide bonds. The lowest BCUT2D eigenvalue weighted by molar-refractivity contribution is -0.877. The fourth-order valence-corrected chi connectivity index (χ4v) is 1.35. The van der Waals surface area contributed by atoms with Gasteiger partial charge in [0.25, 0.3) is 0 Å². The van der Waals surface area contributed by atoms with Crippen LogP contribution in [0.4, 0.5) is 0 Å². The van der Waals surface area contributed by atoms with Gasteiger partial charge < -0.3 is 9.59 Å². The van der Waals surface area contributed by atoms with Gasteiger partial charge in [-0.05, 0) is 6.92 Å². The number of aliphatic hydroxyl groups excluding tert-OH is 1. The van der Waals surface area contributed by atoms with E-state index >= 15 is 0 Å². The molecule has 1 N–H and O–H groups in total. The summed E-state index contributed by atoms with van der Waals surface area (Å²) >= 11 is 0. The van der Waals surface area contributed by atoms with Crippen LogP contribution < -0.4 is 0 Å². The highest BCUT2D eigenvalue weighted by atomic mass is 16.3. The van der Waals surface area contributed by atoms with Crippen molar-refractivity contribution in [2.75, 3.05) is 27.7 Å². The Morgan fingerprint density at radius 1 is 1.27 bits per heavy atom. The summed E-state index contributed by atoms with van der Waals surface area (Å²) in [4.78, 5) is 0. The Labute approximate surface area is 70.4 Å². The van der Waals surface area contributed by atoms with Crippen molar-refractivity contribution >= 4 is 0 Å². The van der Waals surface area contributed by atoms with Gasteiger partial charge in [0.1, 0.15) is 0 Å². The van der Waals surface area contributed by atoms with Gasteiger partial charge in [-0.3, -0.25) is 0 Å². The molecule has 0 rings (SSSR count). The molecule has 0 aliphatic heterocycles. The second kappa shape index (κ2) is 3.11. The average Bonchev–Trinajstić information content (AvgIpc) is 1.56. The molecule has 0 aliphatic rings. The van der Waals surface area contributed by atoms with Crippen LogP contribution in [-0.2, 0) is 0 Å². The van der Waals surface area contributed by atoms with Crippen molar-refractivity contribution in [1.82, 2.24) is 0 Å². The van der Waals surface area contributed by atoms with Crippen LogP contribution in [-0.4, -0.2) is 43.4 Å². The van der Waals surface area contributed by atoms with Crippen molar-refractivity contribution in [3.05, 3.63) is 0 Å². The van der Waals surface area contributed by atoms with Gasteiger partial charge in [-0.1, -0.05) is 13.8 Å². The van der Waals surface area contributed by atoms with Gasteiger partial charge in [0.05, 0.1) is 33.8 Å². The van der Waals surface area contributed by atoms with Crippen LogP contribution in [0.3, 0.4) is 0 Å². The van der Waals surface area contributed by atoms with Gasteiger partial charge in [0, 0.05) is 5.41 Å². The van der Waals surface area contributed by atoms with E-state index < -0.39 is 0 Å². The van der Waals surface area contributed by atoms with E-state index in [1.807, 2.05) is 6.92 Å². The molecule has 0 bridgehead atoms. The van der Waals surface area contributed by atoms with Crippen LogP contribution >= 0.6 is 0 Å².